The van der Waals surface area contributed by atoms with Crippen LogP contribution in [0.15, 0.2) is 16.8 Å². The third kappa shape index (κ3) is 5.25. The molecule has 40 heavy (non-hydrogen) atoms. The normalized spacial score (nSPS) is 38.5. The molecular weight excluding hydrogens is 506 g/mol. The predicted molar refractivity (Wildman–Crippen MR) is 154 cm³/mol. The number of carbonyl (C=O) groups is 3. The quantitative estimate of drug-likeness (QED) is 0.139. The van der Waals surface area contributed by atoms with Crippen LogP contribution in [-0.4, -0.2) is 61.2 Å². The topological polar surface area (TPSA) is 97.3 Å². The van der Waals surface area contributed by atoms with Gasteiger partial charge in [-0.2, -0.15) is 0 Å². The van der Waals surface area contributed by atoms with Crippen molar-refractivity contribution in [2.75, 3.05) is 26.2 Å². The van der Waals surface area contributed by atoms with Gasteiger partial charge in [0.25, 0.3) is 6.47 Å². The Morgan fingerprint density at radius 1 is 1.10 bits per heavy atom. The lowest BCUT2D eigenvalue weighted by atomic mass is 9.46. The zero-order valence-corrected chi connectivity index (χ0v) is 25.2. The van der Waals surface area contributed by atoms with Gasteiger partial charge in [-0.25, -0.2) is 4.79 Å². The molecule has 1 heterocycles. The molecule has 1 aliphatic heterocycles. The number of ether oxygens (including phenoxy) is 1. The van der Waals surface area contributed by atoms with Crippen LogP contribution < -0.4 is 5.32 Å². The summed E-state index contributed by atoms with van der Waals surface area (Å²) in [5.74, 6) is 2.59. The lowest BCUT2D eigenvalue weighted by molar-refractivity contribution is -0.129. The highest BCUT2D eigenvalue weighted by molar-refractivity contribution is 5.91. The second-order valence-electron chi connectivity index (χ2n) is 14.4. The Bertz CT molecular complexity index is 1070. The maximum atomic E-state index is 13.2. The maximum absolute atomic E-state index is 13.2. The molecule has 0 aromatic rings. The molecule has 1 saturated heterocycles. The van der Waals surface area contributed by atoms with Gasteiger partial charge in [0.1, 0.15) is 6.61 Å². The van der Waals surface area contributed by atoms with Crippen LogP contribution in [-0.2, 0) is 19.2 Å². The van der Waals surface area contributed by atoms with E-state index in [9.17, 15) is 14.4 Å². The second-order valence-corrected chi connectivity index (χ2v) is 14.4. The van der Waals surface area contributed by atoms with Crippen molar-refractivity contribution in [1.82, 2.24) is 10.2 Å². The molecule has 0 aromatic carbocycles. The third-order valence-electron chi connectivity index (χ3n) is 12.0. The number of oxime groups is 1. The number of amides is 1. The van der Waals surface area contributed by atoms with E-state index in [4.69, 9.17) is 9.57 Å². The van der Waals surface area contributed by atoms with Gasteiger partial charge in [-0.05, 0) is 105 Å². The minimum Gasteiger partial charge on any atom is -0.466 e. The van der Waals surface area contributed by atoms with Crippen LogP contribution in [0, 0.1) is 39.9 Å². The molecule has 8 nitrogen and oxygen atoms in total. The fourth-order valence-corrected chi connectivity index (χ4v) is 9.50. The van der Waals surface area contributed by atoms with E-state index in [0.717, 1.165) is 44.4 Å². The first kappa shape index (κ1) is 29.3. The number of nitrogens with zero attached hydrogens (tertiary/aromatic N) is 2. The molecule has 0 spiro atoms. The summed E-state index contributed by atoms with van der Waals surface area (Å²) < 4.78 is 4.89. The number of fused-ring (bicyclic) bond motifs is 5. The highest BCUT2D eigenvalue weighted by atomic mass is 16.7. The van der Waals surface area contributed by atoms with Gasteiger partial charge in [-0.3, -0.25) is 14.4 Å². The van der Waals surface area contributed by atoms with Crippen molar-refractivity contribution in [3.05, 3.63) is 11.6 Å². The van der Waals surface area contributed by atoms with Crippen molar-refractivity contribution in [3.8, 4) is 0 Å². The van der Waals surface area contributed by atoms with Gasteiger partial charge in [0, 0.05) is 24.9 Å². The van der Waals surface area contributed by atoms with E-state index in [-0.39, 0.29) is 35.4 Å². The first-order valence-electron chi connectivity index (χ1n) is 15.5. The monoisotopic (exact) mass is 555 g/mol. The number of allylic oxidation sites excluding steroid dienone is 1. The van der Waals surface area contributed by atoms with Crippen molar-refractivity contribution in [1.29, 1.82) is 0 Å². The second kappa shape index (κ2) is 11.2. The molecule has 3 saturated carbocycles. The number of ketones is 1. The van der Waals surface area contributed by atoms with Crippen LogP contribution in [0.25, 0.3) is 0 Å². The predicted octanol–water partition coefficient (Wildman–Crippen LogP) is 5.51. The molecule has 4 fully saturated rings. The molecule has 1 N–H and O–H groups in total. The first-order chi connectivity index (χ1) is 19.0. The summed E-state index contributed by atoms with van der Waals surface area (Å²) in [6.45, 7) is 13.5. The summed E-state index contributed by atoms with van der Waals surface area (Å²) in [7, 11) is 0. The van der Waals surface area contributed by atoms with Gasteiger partial charge >= 0.3 is 6.09 Å². The van der Waals surface area contributed by atoms with Crippen LogP contribution in [0.2, 0.25) is 0 Å². The SMILES string of the molecule is C/C(=N\OC(=O)N(CCOC=O)CC1NCCC1(C)C)[C@H]1CC[C@H]2[C@@H]3CCC4=CC(=O)CC[C@]4(C)[C@H]3CC[C@]12C. The molecule has 5 aliphatic rings. The van der Waals surface area contributed by atoms with Gasteiger partial charge in [0.05, 0.1) is 12.3 Å². The lowest BCUT2D eigenvalue weighted by Crippen LogP contribution is -2.51. The smallest absolute Gasteiger partial charge is 0.436 e. The van der Waals surface area contributed by atoms with Gasteiger partial charge in [-0.1, -0.05) is 38.4 Å². The molecule has 7 atom stereocenters. The number of hydrogen-bond acceptors (Lipinski definition) is 7. The Balaban J connectivity index is 1.26. The molecule has 0 bridgehead atoms. The summed E-state index contributed by atoms with van der Waals surface area (Å²) in [5, 5.41) is 7.94. The zero-order chi connectivity index (χ0) is 28.7. The van der Waals surface area contributed by atoms with Crippen molar-refractivity contribution < 1.29 is 24.0 Å². The van der Waals surface area contributed by atoms with Crippen LogP contribution in [0.5, 0.6) is 0 Å². The minimum atomic E-state index is -0.492. The van der Waals surface area contributed by atoms with Crippen LogP contribution in [0.3, 0.4) is 0 Å². The van der Waals surface area contributed by atoms with E-state index >= 15 is 0 Å². The summed E-state index contributed by atoms with van der Waals surface area (Å²) in [5.41, 5.74) is 2.71. The summed E-state index contributed by atoms with van der Waals surface area (Å²) in [4.78, 5) is 43.2. The number of hydrogen-bond donors (Lipinski definition) is 1. The summed E-state index contributed by atoms with van der Waals surface area (Å²) in [6, 6.07) is 0.140. The highest BCUT2D eigenvalue weighted by Crippen LogP contribution is 2.66. The molecule has 4 aliphatic carbocycles. The molecule has 0 aromatic heterocycles. The Morgan fingerprint density at radius 2 is 1.90 bits per heavy atom. The Morgan fingerprint density at radius 3 is 2.62 bits per heavy atom. The van der Waals surface area contributed by atoms with E-state index in [0.29, 0.717) is 48.9 Å². The molecule has 0 radical (unpaired) electrons. The van der Waals surface area contributed by atoms with Gasteiger partial charge in [0.2, 0.25) is 0 Å². The molecular formula is C32H49N3O5. The Kier molecular flexibility index (Phi) is 8.21. The fourth-order valence-electron chi connectivity index (χ4n) is 9.50. The third-order valence-corrected chi connectivity index (χ3v) is 12.0. The largest absolute Gasteiger partial charge is 0.466 e. The Labute approximate surface area is 239 Å². The van der Waals surface area contributed by atoms with E-state index in [1.165, 1.54) is 24.8 Å². The standard InChI is InChI=1S/C32H49N3O5/c1-21(34-40-29(38)35(16-17-39-20-36)19-28-30(2,3)14-15-33-28)25-8-9-26-24-7-6-22-18-23(37)10-12-31(22,4)27(24)11-13-32(25,26)5/h18,20,24-28,33H,6-17,19H2,1-5H3/b34-21+/t24-,25+,26-,27-,28?,31-,32+/m0/s1. The molecule has 8 heteroatoms. The van der Waals surface area contributed by atoms with Crippen LogP contribution >= 0.6 is 0 Å². The van der Waals surface area contributed by atoms with E-state index in [2.05, 4.69) is 38.2 Å². The van der Waals surface area contributed by atoms with Crippen molar-refractivity contribution >= 4 is 24.1 Å². The average Bonchev–Trinajstić information content (AvgIpc) is 3.44. The maximum Gasteiger partial charge on any atom is 0.436 e. The minimum absolute atomic E-state index is 0.0649. The highest BCUT2D eigenvalue weighted by Gasteiger charge is 2.59. The van der Waals surface area contributed by atoms with E-state index < -0.39 is 6.09 Å². The lowest BCUT2D eigenvalue weighted by Gasteiger charge is -2.58. The molecule has 1 amide bonds. The van der Waals surface area contributed by atoms with E-state index in [1.54, 1.807) is 4.90 Å². The van der Waals surface area contributed by atoms with Gasteiger partial charge < -0.3 is 15.0 Å². The van der Waals surface area contributed by atoms with Crippen molar-refractivity contribution in [3.63, 3.8) is 0 Å². The summed E-state index contributed by atoms with van der Waals surface area (Å²) in [6.07, 6.45) is 11.1. The molecule has 222 valence electrons. The fraction of sp³-hybridized carbons (Fsp3) is 0.812. The van der Waals surface area contributed by atoms with Crippen molar-refractivity contribution in [2.24, 2.45) is 45.1 Å². The molecule has 1 unspecified atom stereocenters. The van der Waals surface area contributed by atoms with Crippen LogP contribution in [0.4, 0.5) is 4.79 Å². The van der Waals surface area contributed by atoms with Crippen LogP contribution in [0.1, 0.15) is 92.4 Å². The van der Waals surface area contributed by atoms with E-state index in [1.807, 2.05) is 13.0 Å². The number of carbonyl (C=O) groups excluding carboxylic acids is 3. The number of nitrogens with one attached hydrogen (secondary N) is 1. The first-order valence-corrected chi connectivity index (χ1v) is 15.5. The van der Waals surface area contributed by atoms with Crippen molar-refractivity contribution in [2.45, 2.75) is 98.4 Å². The Hall–Kier alpha value is -2.22. The van der Waals surface area contributed by atoms with Gasteiger partial charge in [-0.15, -0.1) is 0 Å². The van der Waals surface area contributed by atoms with Gasteiger partial charge in [0.15, 0.2) is 5.78 Å². The summed E-state index contributed by atoms with van der Waals surface area (Å²) >= 11 is 0. The zero-order valence-electron chi connectivity index (χ0n) is 25.2. The average molecular weight is 556 g/mol. The molecule has 5 rings (SSSR count). The number of rotatable bonds is 8.